The second kappa shape index (κ2) is 5.61. The van der Waals surface area contributed by atoms with Crippen LogP contribution in [0.25, 0.3) is 0 Å². The summed E-state index contributed by atoms with van der Waals surface area (Å²) in [6.45, 7) is 6.27. The lowest BCUT2D eigenvalue weighted by Crippen LogP contribution is -2.48. The molecule has 1 aromatic heterocycles. The Balaban J connectivity index is 3.17. The topological polar surface area (TPSA) is 36.4 Å². The van der Waals surface area contributed by atoms with Crippen LogP contribution in [0.5, 0.6) is 0 Å². The third kappa shape index (κ3) is 2.50. The Morgan fingerprint density at radius 2 is 1.94 bits per heavy atom. The van der Waals surface area contributed by atoms with Gasteiger partial charge in [-0.15, -0.1) is 0 Å². The maximum absolute atomic E-state index is 10.7. The van der Waals surface area contributed by atoms with Crippen LogP contribution in [0.4, 0.5) is 0 Å². The first-order valence-corrected chi connectivity index (χ1v) is 6.25. The van der Waals surface area contributed by atoms with Crippen LogP contribution in [0.2, 0.25) is 0 Å². The summed E-state index contributed by atoms with van der Waals surface area (Å²) in [5, 5.41) is 10.7. The van der Waals surface area contributed by atoms with Gasteiger partial charge in [0.15, 0.2) is 0 Å². The number of rotatable bonds is 5. The van der Waals surface area contributed by atoms with Crippen LogP contribution in [0.15, 0.2) is 18.5 Å². The molecular weight excluding hydrogens is 212 g/mol. The zero-order chi connectivity index (χ0) is 13.1. The maximum atomic E-state index is 10.7. The Morgan fingerprint density at radius 3 is 2.35 bits per heavy atom. The zero-order valence-electron chi connectivity index (χ0n) is 11.6. The van der Waals surface area contributed by atoms with Crippen molar-refractivity contribution < 1.29 is 5.11 Å². The number of hydrogen-bond donors (Lipinski definition) is 1. The van der Waals surface area contributed by atoms with Crippen LogP contribution in [0.1, 0.15) is 43.9 Å². The molecule has 96 valence electrons. The van der Waals surface area contributed by atoms with Crippen molar-refractivity contribution in [2.75, 3.05) is 14.1 Å². The number of aromatic nitrogens is 1. The Bertz CT molecular complexity index is 359. The molecule has 0 aliphatic rings. The highest BCUT2D eigenvalue weighted by molar-refractivity contribution is 5.26. The number of likely N-dealkylation sites (N-methyl/N-ethyl adjacent to an activating group) is 1. The minimum Gasteiger partial charge on any atom is -0.386 e. The van der Waals surface area contributed by atoms with Crippen molar-refractivity contribution in [1.29, 1.82) is 0 Å². The van der Waals surface area contributed by atoms with E-state index in [2.05, 4.69) is 23.7 Å². The average molecular weight is 236 g/mol. The van der Waals surface area contributed by atoms with Crippen molar-refractivity contribution in [3.8, 4) is 0 Å². The molecule has 1 aromatic rings. The van der Waals surface area contributed by atoms with Crippen molar-refractivity contribution in [3.63, 3.8) is 0 Å². The maximum Gasteiger partial charge on any atom is 0.0990 e. The smallest absolute Gasteiger partial charge is 0.0990 e. The van der Waals surface area contributed by atoms with E-state index in [1.54, 1.807) is 12.4 Å². The quantitative estimate of drug-likeness (QED) is 0.853. The van der Waals surface area contributed by atoms with Gasteiger partial charge in [0.2, 0.25) is 0 Å². The predicted molar refractivity (Wildman–Crippen MR) is 70.9 cm³/mol. The molecule has 1 rings (SSSR count). The van der Waals surface area contributed by atoms with Gasteiger partial charge in [-0.1, -0.05) is 13.8 Å². The first-order valence-electron chi connectivity index (χ1n) is 6.25. The molecule has 0 aromatic carbocycles. The van der Waals surface area contributed by atoms with Crippen molar-refractivity contribution in [1.82, 2.24) is 9.88 Å². The molecule has 1 atom stereocenters. The van der Waals surface area contributed by atoms with Crippen molar-refractivity contribution in [2.24, 2.45) is 0 Å². The summed E-state index contributed by atoms with van der Waals surface area (Å²) < 4.78 is 0. The highest BCUT2D eigenvalue weighted by atomic mass is 16.3. The van der Waals surface area contributed by atoms with Gasteiger partial charge < -0.3 is 10.0 Å². The van der Waals surface area contributed by atoms with E-state index in [1.165, 1.54) is 0 Å². The van der Waals surface area contributed by atoms with Crippen molar-refractivity contribution in [3.05, 3.63) is 29.6 Å². The van der Waals surface area contributed by atoms with E-state index in [0.717, 1.165) is 24.0 Å². The Hall–Kier alpha value is -0.930. The van der Waals surface area contributed by atoms with Gasteiger partial charge in [0.25, 0.3) is 0 Å². The first-order chi connectivity index (χ1) is 7.99. The zero-order valence-corrected chi connectivity index (χ0v) is 11.6. The van der Waals surface area contributed by atoms with E-state index in [4.69, 9.17) is 0 Å². The molecule has 1 heterocycles. The average Bonchev–Trinajstić information content (AvgIpc) is 2.31. The lowest BCUT2D eigenvalue weighted by atomic mass is 9.81. The molecule has 17 heavy (non-hydrogen) atoms. The second-order valence-corrected chi connectivity index (χ2v) is 4.84. The van der Waals surface area contributed by atoms with E-state index in [0.29, 0.717) is 0 Å². The van der Waals surface area contributed by atoms with Crippen LogP contribution < -0.4 is 0 Å². The summed E-state index contributed by atoms with van der Waals surface area (Å²) in [5.74, 6) is 0. The minimum absolute atomic E-state index is 0.214. The summed E-state index contributed by atoms with van der Waals surface area (Å²) in [7, 11) is 4.06. The van der Waals surface area contributed by atoms with Gasteiger partial charge >= 0.3 is 0 Å². The van der Waals surface area contributed by atoms with Gasteiger partial charge in [-0.25, -0.2) is 0 Å². The molecule has 0 aliphatic heterocycles. The summed E-state index contributed by atoms with van der Waals surface area (Å²) in [6, 6.07) is 1.95. The summed E-state index contributed by atoms with van der Waals surface area (Å²) in [6.07, 6.45) is 4.86. The molecule has 0 amide bonds. The molecule has 0 saturated carbocycles. The SMILES string of the molecule is CCC(CC)(C(O)c1cnccc1C)N(C)C. The Morgan fingerprint density at radius 1 is 1.35 bits per heavy atom. The molecule has 0 saturated heterocycles. The number of pyridine rings is 1. The molecular formula is C14H24N2O. The normalized spacial score (nSPS) is 14.1. The van der Waals surface area contributed by atoms with E-state index in [-0.39, 0.29) is 5.54 Å². The van der Waals surface area contributed by atoms with Gasteiger partial charge in [-0.2, -0.15) is 0 Å². The monoisotopic (exact) mass is 236 g/mol. The fourth-order valence-electron chi connectivity index (χ4n) is 2.57. The van der Waals surface area contributed by atoms with Gasteiger partial charge in [-0.05, 0) is 45.5 Å². The third-order valence-electron chi connectivity index (χ3n) is 4.00. The van der Waals surface area contributed by atoms with Crippen LogP contribution in [-0.2, 0) is 0 Å². The van der Waals surface area contributed by atoms with Crippen molar-refractivity contribution >= 4 is 0 Å². The fourth-order valence-corrected chi connectivity index (χ4v) is 2.57. The summed E-state index contributed by atoms with van der Waals surface area (Å²) >= 11 is 0. The van der Waals surface area contributed by atoms with Crippen LogP contribution >= 0.6 is 0 Å². The molecule has 3 heteroatoms. The highest BCUT2D eigenvalue weighted by Gasteiger charge is 2.38. The molecule has 0 spiro atoms. The number of aliphatic hydroxyl groups is 1. The lowest BCUT2D eigenvalue weighted by molar-refractivity contribution is -0.0154. The summed E-state index contributed by atoms with van der Waals surface area (Å²) in [4.78, 5) is 6.26. The van der Waals surface area contributed by atoms with Crippen LogP contribution in [-0.4, -0.2) is 34.6 Å². The molecule has 1 unspecified atom stereocenters. The largest absolute Gasteiger partial charge is 0.386 e. The van der Waals surface area contributed by atoms with Crippen molar-refractivity contribution in [2.45, 2.75) is 45.3 Å². The van der Waals surface area contributed by atoms with E-state index < -0.39 is 6.10 Å². The van der Waals surface area contributed by atoms with Gasteiger partial charge in [0.1, 0.15) is 0 Å². The third-order valence-corrected chi connectivity index (χ3v) is 4.00. The van der Waals surface area contributed by atoms with E-state index in [9.17, 15) is 5.11 Å². The molecule has 0 radical (unpaired) electrons. The number of nitrogens with zero attached hydrogens (tertiary/aromatic N) is 2. The van der Waals surface area contributed by atoms with Gasteiger partial charge in [0.05, 0.1) is 11.6 Å². The molecule has 1 N–H and O–H groups in total. The predicted octanol–water partition coefficient (Wildman–Crippen LogP) is 2.54. The molecule has 0 aliphatic carbocycles. The second-order valence-electron chi connectivity index (χ2n) is 4.84. The molecule has 3 nitrogen and oxygen atoms in total. The Labute approximate surface area is 104 Å². The molecule has 0 bridgehead atoms. The standard InChI is InChI=1S/C14H24N2O/c1-6-14(7-2,16(4)5)13(17)12-10-15-9-8-11(12)3/h8-10,13,17H,6-7H2,1-5H3. The number of aryl methyl sites for hydroxylation is 1. The van der Waals surface area contributed by atoms with Crippen LogP contribution in [0.3, 0.4) is 0 Å². The first kappa shape index (κ1) is 14.1. The Kier molecular flexibility index (Phi) is 4.66. The number of hydrogen-bond acceptors (Lipinski definition) is 3. The van der Waals surface area contributed by atoms with Crippen LogP contribution in [0, 0.1) is 6.92 Å². The van der Waals surface area contributed by atoms with E-state index >= 15 is 0 Å². The highest BCUT2D eigenvalue weighted by Crippen LogP contribution is 2.36. The molecule has 0 fully saturated rings. The fraction of sp³-hybridized carbons (Fsp3) is 0.643. The number of aliphatic hydroxyl groups excluding tert-OH is 1. The lowest BCUT2D eigenvalue weighted by Gasteiger charge is -2.43. The summed E-state index contributed by atoms with van der Waals surface area (Å²) in [5.41, 5.74) is 1.82. The van der Waals surface area contributed by atoms with E-state index in [1.807, 2.05) is 27.1 Å². The van der Waals surface area contributed by atoms with Gasteiger partial charge in [0, 0.05) is 18.0 Å². The van der Waals surface area contributed by atoms with Gasteiger partial charge in [-0.3, -0.25) is 4.98 Å². The minimum atomic E-state index is -0.499.